The fraction of sp³-hybridized carbons (Fsp3) is 0.692. The van der Waals surface area contributed by atoms with E-state index in [2.05, 4.69) is 16.9 Å². The van der Waals surface area contributed by atoms with Crippen LogP contribution < -0.4 is 0 Å². The van der Waals surface area contributed by atoms with Gasteiger partial charge in [-0.3, -0.25) is 9.48 Å². The van der Waals surface area contributed by atoms with Crippen molar-refractivity contribution in [1.82, 2.24) is 19.6 Å². The van der Waals surface area contributed by atoms with Crippen LogP contribution in [-0.2, 0) is 7.05 Å². The predicted molar refractivity (Wildman–Crippen MR) is 70.7 cm³/mol. The molecule has 0 aromatic carbocycles. The first kappa shape index (κ1) is 13.1. The highest BCUT2D eigenvalue weighted by Crippen LogP contribution is 2.16. The summed E-state index contributed by atoms with van der Waals surface area (Å²) in [5.74, 6) is 0.133. The van der Waals surface area contributed by atoms with Crippen molar-refractivity contribution in [2.75, 3.05) is 32.7 Å². The Morgan fingerprint density at radius 3 is 2.28 bits per heavy atom. The molecule has 1 aromatic rings. The van der Waals surface area contributed by atoms with Crippen LogP contribution >= 0.6 is 0 Å². The fourth-order valence-corrected chi connectivity index (χ4v) is 2.51. The second kappa shape index (κ2) is 5.10. The molecule has 2 rings (SSSR count). The quantitative estimate of drug-likeness (QED) is 0.780. The van der Waals surface area contributed by atoms with Crippen LogP contribution in [-0.4, -0.2) is 58.2 Å². The fourth-order valence-electron chi connectivity index (χ4n) is 2.51. The lowest BCUT2D eigenvalue weighted by molar-refractivity contribution is 0.0642. The van der Waals surface area contributed by atoms with E-state index in [1.54, 1.807) is 4.68 Å². The summed E-state index contributed by atoms with van der Waals surface area (Å²) in [5.41, 5.74) is 2.57. The number of piperazine rings is 1. The summed E-state index contributed by atoms with van der Waals surface area (Å²) >= 11 is 0. The molecule has 0 aliphatic carbocycles. The van der Waals surface area contributed by atoms with Crippen molar-refractivity contribution in [2.45, 2.75) is 20.8 Å². The second-order valence-electron chi connectivity index (χ2n) is 4.90. The Morgan fingerprint density at radius 1 is 1.22 bits per heavy atom. The van der Waals surface area contributed by atoms with Gasteiger partial charge in [0.2, 0.25) is 0 Å². The van der Waals surface area contributed by atoms with Gasteiger partial charge >= 0.3 is 0 Å². The maximum Gasteiger partial charge on any atom is 0.257 e. The standard InChI is InChI=1S/C13H22N4O/c1-5-16-6-8-17(9-7-16)13(18)12-10(2)14-15(4)11(12)3/h5-9H2,1-4H3. The first-order valence-electron chi connectivity index (χ1n) is 6.56. The number of aryl methyl sites for hydroxylation is 2. The van der Waals surface area contributed by atoms with E-state index in [9.17, 15) is 4.79 Å². The van der Waals surface area contributed by atoms with Gasteiger partial charge < -0.3 is 9.80 Å². The van der Waals surface area contributed by atoms with Crippen molar-refractivity contribution in [2.24, 2.45) is 7.05 Å². The van der Waals surface area contributed by atoms with E-state index in [0.29, 0.717) is 0 Å². The number of hydrogen-bond donors (Lipinski definition) is 0. The van der Waals surface area contributed by atoms with Crippen molar-refractivity contribution in [3.8, 4) is 0 Å². The maximum absolute atomic E-state index is 12.5. The summed E-state index contributed by atoms with van der Waals surface area (Å²) in [6, 6.07) is 0. The summed E-state index contributed by atoms with van der Waals surface area (Å²) in [6.45, 7) is 10.7. The summed E-state index contributed by atoms with van der Waals surface area (Å²) in [5, 5.41) is 4.32. The molecule has 1 aromatic heterocycles. The predicted octanol–water partition coefficient (Wildman–Crippen LogP) is 0.815. The topological polar surface area (TPSA) is 41.4 Å². The van der Waals surface area contributed by atoms with E-state index in [-0.39, 0.29) is 5.91 Å². The Labute approximate surface area is 108 Å². The van der Waals surface area contributed by atoms with Gasteiger partial charge in [-0.1, -0.05) is 6.92 Å². The monoisotopic (exact) mass is 250 g/mol. The summed E-state index contributed by atoms with van der Waals surface area (Å²) < 4.78 is 1.78. The van der Waals surface area contributed by atoms with Crippen molar-refractivity contribution in [1.29, 1.82) is 0 Å². The molecule has 1 fully saturated rings. The molecule has 0 atom stereocenters. The second-order valence-corrected chi connectivity index (χ2v) is 4.90. The molecule has 0 N–H and O–H groups in total. The Morgan fingerprint density at radius 2 is 1.83 bits per heavy atom. The normalized spacial score (nSPS) is 17.2. The van der Waals surface area contributed by atoms with Crippen LogP contribution in [0.1, 0.15) is 28.7 Å². The van der Waals surface area contributed by atoms with E-state index < -0.39 is 0 Å². The number of carbonyl (C=O) groups is 1. The van der Waals surface area contributed by atoms with E-state index in [1.807, 2.05) is 25.8 Å². The molecule has 0 unspecified atom stereocenters. The number of likely N-dealkylation sites (N-methyl/N-ethyl adjacent to an activating group) is 1. The Kier molecular flexibility index (Phi) is 3.71. The van der Waals surface area contributed by atoms with Crippen molar-refractivity contribution in [3.05, 3.63) is 17.0 Å². The minimum atomic E-state index is 0.133. The van der Waals surface area contributed by atoms with Crippen LogP contribution in [0.4, 0.5) is 0 Å². The Bertz CT molecular complexity index is 444. The highest BCUT2D eigenvalue weighted by atomic mass is 16.2. The Hall–Kier alpha value is -1.36. The van der Waals surface area contributed by atoms with Gasteiger partial charge in [-0.05, 0) is 20.4 Å². The highest BCUT2D eigenvalue weighted by Gasteiger charge is 2.25. The largest absolute Gasteiger partial charge is 0.336 e. The smallest absolute Gasteiger partial charge is 0.257 e. The van der Waals surface area contributed by atoms with E-state index in [0.717, 1.165) is 49.7 Å². The summed E-state index contributed by atoms with van der Waals surface area (Å²) in [6.07, 6.45) is 0. The lowest BCUT2D eigenvalue weighted by Gasteiger charge is -2.34. The molecule has 18 heavy (non-hydrogen) atoms. The lowest BCUT2D eigenvalue weighted by Crippen LogP contribution is -2.48. The SMILES string of the molecule is CCN1CCN(C(=O)c2c(C)nn(C)c2C)CC1. The number of amides is 1. The van der Waals surface area contributed by atoms with E-state index in [1.165, 1.54) is 0 Å². The zero-order valence-corrected chi connectivity index (χ0v) is 11.7. The maximum atomic E-state index is 12.5. The van der Waals surface area contributed by atoms with Crippen LogP contribution in [0.15, 0.2) is 0 Å². The number of carbonyl (C=O) groups excluding carboxylic acids is 1. The van der Waals surface area contributed by atoms with Gasteiger partial charge in [-0.15, -0.1) is 0 Å². The van der Waals surface area contributed by atoms with Gasteiger partial charge in [-0.25, -0.2) is 0 Å². The van der Waals surface area contributed by atoms with Gasteiger partial charge in [0, 0.05) is 38.9 Å². The molecule has 5 heteroatoms. The minimum absolute atomic E-state index is 0.133. The molecular weight excluding hydrogens is 228 g/mol. The number of hydrogen-bond acceptors (Lipinski definition) is 3. The number of nitrogens with zero attached hydrogens (tertiary/aromatic N) is 4. The van der Waals surface area contributed by atoms with Gasteiger partial charge in [0.1, 0.15) is 0 Å². The zero-order chi connectivity index (χ0) is 13.3. The summed E-state index contributed by atoms with van der Waals surface area (Å²) in [4.78, 5) is 16.8. The number of rotatable bonds is 2. The van der Waals surface area contributed by atoms with Gasteiger partial charge in [0.25, 0.3) is 5.91 Å². The first-order valence-corrected chi connectivity index (χ1v) is 6.56. The molecule has 2 heterocycles. The molecular formula is C13H22N4O. The zero-order valence-electron chi connectivity index (χ0n) is 11.7. The van der Waals surface area contributed by atoms with Crippen LogP contribution in [0, 0.1) is 13.8 Å². The van der Waals surface area contributed by atoms with E-state index in [4.69, 9.17) is 0 Å². The molecule has 0 saturated carbocycles. The molecule has 1 saturated heterocycles. The average molecular weight is 250 g/mol. The summed E-state index contributed by atoms with van der Waals surface area (Å²) in [7, 11) is 1.88. The van der Waals surface area contributed by atoms with Gasteiger partial charge in [-0.2, -0.15) is 5.10 Å². The third kappa shape index (κ3) is 2.27. The molecule has 1 aliphatic heterocycles. The Balaban J connectivity index is 2.13. The molecule has 1 amide bonds. The van der Waals surface area contributed by atoms with E-state index >= 15 is 0 Å². The highest BCUT2D eigenvalue weighted by molar-refractivity contribution is 5.96. The van der Waals surface area contributed by atoms with Crippen LogP contribution in [0.5, 0.6) is 0 Å². The molecule has 5 nitrogen and oxygen atoms in total. The van der Waals surface area contributed by atoms with Crippen molar-refractivity contribution >= 4 is 5.91 Å². The average Bonchev–Trinajstić information content (AvgIpc) is 2.63. The molecule has 0 radical (unpaired) electrons. The third-order valence-electron chi connectivity index (χ3n) is 3.83. The minimum Gasteiger partial charge on any atom is -0.336 e. The van der Waals surface area contributed by atoms with Gasteiger partial charge in [0.05, 0.1) is 11.3 Å². The van der Waals surface area contributed by atoms with Crippen LogP contribution in [0.2, 0.25) is 0 Å². The third-order valence-corrected chi connectivity index (χ3v) is 3.83. The number of aromatic nitrogens is 2. The molecule has 100 valence electrons. The van der Waals surface area contributed by atoms with Crippen LogP contribution in [0.3, 0.4) is 0 Å². The molecule has 0 spiro atoms. The van der Waals surface area contributed by atoms with Gasteiger partial charge in [0.15, 0.2) is 0 Å². The van der Waals surface area contributed by atoms with Crippen LogP contribution in [0.25, 0.3) is 0 Å². The van der Waals surface area contributed by atoms with Crippen molar-refractivity contribution in [3.63, 3.8) is 0 Å². The molecule has 1 aliphatic rings. The lowest BCUT2D eigenvalue weighted by atomic mass is 10.1. The van der Waals surface area contributed by atoms with Crippen molar-refractivity contribution < 1.29 is 4.79 Å². The first-order chi connectivity index (χ1) is 8.54. The molecule has 0 bridgehead atoms.